The largest absolute Gasteiger partial charge is 0.352 e. The third-order valence-electron chi connectivity index (χ3n) is 5.68. The maximum Gasteiger partial charge on any atom is 0.243 e. The Labute approximate surface area is 194 Å². The van der Waals surface area contributed by atoms with E-state index in [0.29, 0.717) is 30.2 Å². The van der Waals surface area contributed by atoms with E-state index >= 15 is 0 Å². The first kappa shape index (κ1) is 23.7. The topological polar surface area (TPSA) is 49.4 Å². The zero-order chi connectivity index (χ0) is 22.1. The summed E-state index contributed by atoms with van der Waals surface area (Å²) in [5, 5.41) is 3.84. The summed E-state index contributed by atoms with van der Waals surface area (Å²) in [6.45, 7) is 2.38. The smallest absolute Gasteiger partial charge is 0.243 e. The zero-order valence-electron chi connectivity index (χ0n) is 18.1. The van der Waals surface area contributed by atoms with Gasteiger partial charge in [-0.05, 0) is 49.1 Å². The van der Waals surface area contributed by atoms with Gasteiger partial charge in [-0.15, -0.1) is 11.8 Å². The van der Waals surface area contributed by atoms with E-state index in [9.17, 15) is 9.59 Å². The Bertz CT molecular complexity index is 838. The van der Waals surface area contributed by atoms with Crippen LogP contribution in [-0.4, -0.2) is 34.6 Å². The van der Waals surface area contributed by atoms with Gasteiger partial charge in [0.25, 0.3) is 0 Å². The first-order valence-electron chi connectivity index (χ1n) is 11.1. The van der Waals surface area contributed by atoms with Crippen LogP contribution in [0.15, 0.2) is 59.5 Å². The fourth-order valence-corrected chi connectivity index (χ4v) is 4.98. The van der Waals surface area contributed by atoms with Crippen LogP contribution < -0.4 is 5.32 Å². The van der Waals surface area contributed by atoms with Crippen molar-refractivity contribution in [3.8, 4) is 0 Å². The van der Waals surface area contributed by atoms with Crippen molar-refractivity contribution < 1.29 is 9.59 Å². The molecule has 0 radical (unpaired) electrons. The van der Waals surface area contributed by atoms with Gasteiger partial charge in [0, 0.05) is 34.7 Å². The van der Waals surface area contributed by atoms with E-state index in [0.717, 1.165) is 36.1 Å². The van der Waals surface area contributed by atoms with Crippen LogP contribution in [0.3, 0.4) is 0 Å². The number of nitrogens with zero attached hydrogens (tertiary/aromatic N) is 1. The molecule has 1 unspecified atom stereocenters. The van der Waals surface area contributed by atoms with Gasteiger partial charge < -0.3 is 10.2 Å². The molecule has 0 aromatic heterocycles. The van der Waals surface area contributed by atoms with Crippen molar-refractivity contribution in [1.82, 2.24) is 10.2 Å². The predicted octanol–water partition coefficient (Wildman–Crippen LogP) is 5.69. The summed E-state index contributed by atoms with van der Waals surface area (Å²) in [7, 11) is 0. The molecule has 0 spiro atoms. The van der Waals surface area contributed by atoms with Gasteiger partial charge in [-0.3, -0.25) is 9.59 Å². The van der Waals surface area contributed by atoms with Gasteiger partial charge >= 0.3 is 0 Å². The summed E-state index contributed by atoms with van der Waals surface area (Å²) in [6, 6.07) is 17.3. The number of benzene rings is 2. The number of thioether (sulfide) groups is 1. The van der Waals surface area contributed by atoms with E-state index in [2.05, 4.69) is 5.32 Å². The molecule has 1 atom stereocenters. The van der Waals surface area contributed by atoms with E-state index in [1.807, 2.05) is 61.5 Å². The number of hydrogen-bond donors (Lipinski definition) is 1. The lowest BCUT2D eigenvalue weighted by Gasteiger charge is -2.31. The highest BCUT2D eigenvalue weighted by Gasteiger charge is 2.30. The Morgan fingerprint density at radius 3 is 2.42 bits per heavy atom. The van der Waals surface area contributed by atoms with Crippen molar-refractivity contribution in [2.45, 2.75) is 69.0 Å². The fourth-order valence-electron chi connectivity index (χ4n) is 3.99. The van der Waals surface area contributed by atoms with Crippen molar-refractivity contribution in [1.29, 1.82) is 0 Å². The van der Waals surface area contributed by atoms with Crippen molar-refractivity contribution in [2.24, 2.45) is 0 Å². The molecule has 0 bridgehead atoms. The second kappa shape index (κ2) is 12.2. The van der Waals surface area contributed by atoms with Crippen molar-refractivity contribution >= 4 is 35.2 Å². The third kappa shape index (κ3) is 7.29. The van der Waals surface area contributed by atoms with E-state index in [4.69, 9.17) is 11.6 Å². The van der Waals surface area contributed by atoms with E-state index in [-0.39, 0.29) is 17.9 Å². The summed E-state index contributed by atoms with van der Waals surface area (Å²) < 4.78 is 0. The highest BCUT2D eigenvalue weighted by Crippen LogP contribution is 2.22. The summed E-state index contributed by atoms with van der Waals surface area (Å²) in [5.41, 5.74) is 0.973. The SMILES string of the molecule is CCC(C(=O)NC1CCCC1)N(Cc1ccc(Cl)cc1)C(=O)CCSc1ccccc1. The number of carbonyl (C=O) groups is 2. The molecule has 1 aliphatic carbocycles. The van der Waals surface area contributed by atoms with Gasteiger partial charge in [-0.2, -0.15) is 0 Å². The van der Waals surface area contributed by atoms with E-state index in [1.54, 1.807) is 16.7 Å². The van der Waals surface area contributed by atoms with Crippen molar-refractivity contribution in [3.63, 3.8) is 0 Å². The number of rotatable bonds is 10. The first-order valence-corrected chi connectivity index (χ1v) is 12.4. The Morgan fingerprint density at radius 2 is 1.77 bits per heavy atom. The average Bonchev–Trinajstić information content (AvgIpc) is 3.28. The maximum atomic E-state index is 13.3. The van der Waals surface area contributed by atoms with Crippen LogP contribution >= 0.6 is 23.4 Å². The molecule has 1 saturated carbocycles. The minimum absolute atomic E-state index is 0.00630. The number of hydrogen-bond acceptors (Lipinski definition) is 3. The van der Waals surface area contributed by atoms with E-state index < -0.39 is 6.04 Å². The highest BCUT2D eigenvalue weighted by atomic mass is 35.5. The molecule has 6 heteroatoms. The number of nitrogens with one attached hydrogen (secondary N) is 1. The van der Waals surface area contributed by atoms with Gasteiger partial charge in [0.1, 0.15) is 6.04 Å². The summed E-state index contributed by atoms with van der Waals surface area (Å²) in [4.78, 5) is 29.2. The standard InChI is InChI=1S/C25H31ClN2O2S/c1-2-23(25(30)27-21-8-6-7-9-21)28(18-19-12-14-20(26)15-13-19)24(29)16-17-31-22-10-4-3-5-11-22/h3-5,10-15,21,23H,2,6-9,16-18H2,1H3,(H,27,30). The average molecular weight is 459 g/mol. The lowest BCUT2D eigenvalue weighted by molar-refractivity contribution is -0.141. The highest BCUT2D eigenvalue weighted by molar-refractivity contribution is 7.99. The Balaban J connectivity index is 1.69. The molecule has 2 amide bonds. The number of carbonyl (C=O) groups excluding carboxylic acids is 2. The van der Waals surface area contributed by atoms with Crippen LogP contribution in [0.1, 0.15) is 51.0 Å². The summed E-state index contributed by atoms with van der Waals surface area (Å²) >= 11 is 7.69. The third-order valence-corrected chi connectivity index (χ3v) is 6.95. The lowest BCUT2D eigenvalue weighted by atomic mass is 10.1. The van der Waals surface area contributed by atoms with Gasteiger partial charge in [0.05, 0.1) is 0 Å². The normalized spacial score (nSPS) is 14.9. The first-order chi connectivity index (χ1) is 15.1. The number of amides is 2. The van der Waals surface area contributed by atoms with Crippen LogP contribution in [0.25, 0.3) is 0 Å². The molecule has 1 fully saturated rings. The Kier molecular flexibility index (Phi) is 9.29. The van der Waals surface area contributed by atoms with Gasteiger partial charge in [0.2, 0.25) is 11.8 Å². The fraction of sp³-hybridized carbons (Fsp3) is 0.440. The minimum atomic E-state index is -0.467. The minimum Gasteiger partial charge on any atom is -0.352 e. The van der Waals surface area contributed by atoms with Gasteiger partial charge in [-0.25, -0.2) is 0 Å². The molecule has 1 aliphatic rings. The van der Waals surface area contributed by atoms with Crippen LogP contribution in [0.4, 0.5) is 0 Å². The van der Waals surface area contributed by atoms with Crippen LogP contribution in [0.5, 0.6) is 0 Å². The molecule has 166 valence electrons. The second-order valence-corrected chi connectivity index (χ2v) is 9.58. The summed E-state index contributed by atoms with van der Waals surface area (Å²) in [6.07, 6.45) is 5.35. The molecule has 31 heavy (non-hydrogen) atoms. The molecule has 4 nitrogen and oxygen atoms in total. The predicted molar refractivity (Wildman–Crippen MR) is 128 cm³/mol. The quantitative estimate of drug-likeness (QED) is 0.465. The Hall–Kier alpha value is -1.98. The number of halogens is 1. The lowest BCUT2D eigenvalue weighted by Crippen LogP contribution is -2.51. The van der Waals surface area contributed by atoms with Crippen molar-refractivity contribution in [3.05, 3.63) is 65.2 Å². The van der Waals surface area contributed by atoms with Gasteiger partial charge in [0.15, 0.2) is 0 Å². The van der Waals surface area contributed by atoms with Crippen molar-refractivity contribution in [2.75, 3.05) is 5.75 Å². The molecule has 1 N–H and O–H groups in total. The second-order valence-electron chi connectivity index (χ2n) is 7.97. The Morgan fingerprint density at radius 1 is 1.10 bits per heavy atom. The van der Waals surface area contributed by atoms with Crippen LogP contribution in [0, 0.1) is 0 Å². The molecule has 3 rings (SSSR count). The molecular formula is C25H31ClN2O2S. The zero-order valence-corrected chi connectivity index (χ0v) is 19.6. The molecule has 0 saturated heterocycles. The van der Waals surface area contributed by atoms with E-state index in [1.165, 1.54) is 0 Å². The molecule has 0 heterocycles. The molecule has 2 aromatic carbocycles. The summed E-state index contributed by atoms with van der Waals surface area (Å²) in [5.74, 6) is 0.653. The molecule has 0 aliphatic heterocycles. The van der Waals surface area contributed by atoms with Gasteiger partial charge in [-0.1, -0.05) is 61.7 Å². The molecule has 2 aromatic rings. The molecular weight excluding hydrogens is 428 g/mol. The monoisotopic (exact) mass is 458 g/mol. The maximum absolute atomic E-state index is 13.3. The van der Waals surface area contributed by atoms with Crippen LogP contribution in [0.2, 0.25) is 5.02 Å². The van der Waals surface area contributed by atoms with Crippen LogP contribution in [-0.2, 0) is 16.1 Å².